The van der Waals surface area contributed by atoms with E-state index in [4.69, 9.17) is 0 Å². The fourth-order valence-corrected chi connectivity index (χ4v) is 3.58. The fraction of sp³-hybridized carbons (Fsp3) is 0.353. The highest BCUT2D eigenvalue weighted by molar-refractivity contribution is 7.99. The van der Waals surface area contributed by atoms with Gasteiger partial charge in [-0.15, -0.1) is 0 Å². The Morgan fingerprint density at radius 3 is 2.73 bits per heavy atom. The smallest absolute Gasteiger partial charge is 0.325 e. The molecule has 9 heteroatoms. The van der Waals surface area contributed by atoms with E-state index < -0.39 is 5.97 Å². The summed E-state index contributed by atoms with van der Waals surface area (Å²) in [5.74, 6) is -1.15. The van der Waals surface area contributed by atoms with E-state index in [-0.39, 0.29) is 34.8 Å². The highest BCUT2D eigenvalue weighted by Crippen LogP contribution is 2.20. The minimum atomic E-state index is -0.591. The van der Waals surface area contributed by atoms with Crippen LogP contribution in [0.25, 0.3) is 10.9 Å². The maximum Gasteiger partial charge on any atom is 0.325 e. The number of ether oxygens (including phenoxy) is 1. The lowest BCUT2D eigenvalue weighted by Crippen LogP contribution is -2.33. The molecule has 0 N–H and O–H groups in total. The van der Waals surface area contributed by atoms with Crippen molar-refractivity contribution in [2.24, 2.45) is 0 Å². The first-order valence-corrected chi connectivity index (χ1v) is 9.02. The van der Waals surface area contributed by atoms with Crippen molar-refractivity contribution < 1.29 is 19.1 Å². The van der Waals surface area contributed by atoms with Gasteiger partial charge in [-0.05, 0) is 18.6 Å². The van der Waals surface area contributed by atoms with Gasteiger partial charge >= 0.3 is 5.97 Å². The van der Waals surface area contributed by atoms with Crippen LogP contribution in [0.15, 0.2) is 34.2 Å². The van der Waals surface area contributed by atoms with Crippen LogP contribution < -0.4 is 5.56 Å². The van der Waals surface area contributed by atoms with E-state index in [9.17, 15) is 19.2 Å². The first-order chi connectivity index (χ1) is 12.5. The molecule has 1 aromatic carbocycles. The second-order valence-electron chi connectivity index (χ2n) is 5.71. The topological polar surface area (TPSA) is 98.6 Å². The van der Waals surface area contributed by atoms with Crippen LogP contribution in [-0.4, -0.2) is 51.6 Å². The Labute approximate surface area is 153 Å². The molecule has 0 atom stereocenters. The van der Waals surface area contributed by atoms with E-state index in [1.54, 1.807) is 24.3 Å². The van der Waals surface area contributed by atoms with Crippen molar-refractivity contribution in [3.05, 3.63) is 34.6 Å². The molecule has 1 aliphatic rings. The lowest BCUT2D eigenvalue weighted by Gasteiger charge is -2.15. The third-order valence-corrected chi connectivity index (χ3v) is 5.00. The predicted molar refractivity (Wildman–Crippen MR) is 94.7 cm³/mol. The van der Waals surface area contributed by atoms with Crippen LogP contribution in [0.2, 0.25) is 0 Å². The Bertz CT molecular complexity index is 940. The van der Waals surface area contributed by atoms with Gasteiger partial charge in [0.2, 0.25) is 11.8 Å². The van der Waals surface area contributed by atoms with Gasteiger partial charge < -0.3 is 4.74 Å². The number of hydrogen-bond donors (Lipinski definition) is 0. The minimum absolute atomic E-state index is 0.0440. The van der Waals surface area contributed by atoms with E-state index >= 15 is 0 Å². The van der Waals surface area contributed by atoms with E-state index in [1.807, 2.05) is 0 Å². The number of fused-ring (bicyclic) bond motifs is 1. The molecule has 0 aliphatic carbocycles. The maximum absolute atomic E-state index is 12.7. The van der Waals surface area contributed by atoms with Crippen LogP contribution >= 0.6 is 11.8 Å². The van der Waals surface area contributed by atoms with Gasteiger partial charge in [-0.2, -0.15) is 0 Å². The SMILES string of the molecule is COC(=O)Cn1c(SCC(=O)N2CCCC2=O)nc2ccccc2c1=O. The van der Waals surface area contributed by atoms with Gasteiger partial charge in [-0.25, -0.2) is 4.98 Å². The predicted octanol–water partition coefficient (Wildman–Crippen LogP) is 0.811. The van der Waals surface area contributed by atoms with Gasteiger partial charge in [0, 0.05) is 13.0 Å². The first-order valence-electron chi connectivity index (χ1n) is 8.03. The molecule has 0 spiro atoms. The number of carbonyl (C=O) groups is 3. The summed E-state index contributed by atoms with van der Waals surface area (Å²) in [6.45, 7) is 0.116. The van der Waals surface area contributed by atoms with Gasteiger partial charge in [-0.3, -0.25) is 28.6 Å². The molecule has 3 rings (SSSR count). The van der Waals surface area contributed by atoms with Crippen LogP contribution in [0, 0.1) is 0 Å². The molecule has 0 bridgehead atoms. The van der Waals surface area contributed by atoms with Crippen molar-refractivity contribution in [1.29, 1.82) is 0 Å². The molecule has 1 saturated heterocycles. The van der Waals surface area contributed by atoms with Gasteiger partial charge in [0.15, 0.2) is 5.16 Å². The zero-order valence-corrected chi connectivity index (χ0v) is 15.0. The Kier molecular flexibility index (Phi) is 5.36. The number of thioether (sulfide) groups is 1. The van der Waals surface area contributed by atoms with Crippen LogP contribution in [0.3, 0.4) is 0 Å². The van der Waals surface area contributed by atoms with E-state index in [1.165, 1.54) is 16.6 Å². The van der Waals surface area contributed by atoms with Gasteiger partial charge in [0.25, 0.3) is 5.56 Å². The number of amides is 2. The van der Waals surface area contributed by atoms with E-state index in [0.717, 1.165) is 11.8 Å². The molecule has 0 saturated carbocycles. The molecule has 2 heterocycles. The molecule has 1 aromatic heterocycles. The average molecular weight is 375 g/mol. The molecule has 26 heavy (non-hydrogen) atoms. The molecule has 1 fully saturated rings. The fourth-order valence-electron chi connectivity index (χ4n) is 2.71. The van der Waals surface area contributed by atoms with Crippen molar-refractivity contribution >= 4 is 40.4 Å². The number of imide groups is 1. The third-order valence-electron chi connectivity index (χ3n) is 4.04. The highest BCUT2D eigenvalue weighted by atomic mass is 32.2. The molecular weight excluding hydrogens is 358 g/mol. The number of para-hydroxylation sites is 1. The number of benzene rings is 1. The number of carbonyl (C=O) groups excluding carboxylic acids is 3. The number of likely N-dealkylation sites (tertiary alicyclic amines) is 1. The number of hydrogen-bond acceptors (Lipinski definition) is 7. The minimum Gasteiger partial charge on any atom is -0.468 e. The molecule has 8 nitrogen and oxygen atoms in total. The summed E-state index contributed by atoms with van der Waals surface area (Å²) in [7, 11) is 1.23. The summed E-state index contributed by atoms with van der Waals surface area (Å²) in [4.78, 5) is 53.9. The van der Waals surface area contributed by atoms with Crippen molar-refractivity contribution in [3.8, 4) is 0 Å². The zero-order chi connectivity index (χ0) is 18.7. The summed E-state index contributed by atoms with van der Waals surface area (Å²) >= 11 is 1.03. The van der Waals surface area contributed by atoms with Gasteiger partial charge in [0.1, 0.15) is 6.54 Å². The second kappa shape index (κ2) is 7.69. The van der Waals surface area contributed by atoms with Crippen LogP contribution in [0.4, 0.5) is 0 Å². The number of aromatic nitrogens is 2. The summed E-state index contributed by atoms with van der Waals surface area (Å²) in [6.07, 6.45) is 1.04. The molecule has 1 aliphatic heterocycles. The number of rotatable bonds is 5. The summed E-state index contributed by atoms with van der Waals surface area (Å²) in [5.41, 5.74) is 0.0963. The molecule has 0 radical (unpaired) electrons. The number of methoxy groups -OCH3 is 1. The van der Waals surface area contributed by atoms with E-state index in [0.29, 0.717) is 30.3 Å². The Morgan fingerprint density at radius 2 is 2.04 bits per heavy atom. The Hall–Kier alpha value is -2.68. The molecular formula is C17H17N3O5S. The number of nitrogens with zero attached hydrogens (tertiary/aromatic N) is 3. The van der Waals surface area contributed by atoms with Crippen molar-refractivity contribution in [2.75, 3.05) is 19.4 Å². The normalized spacial score (nSPS) is 14.0. The Morgan fingerprint density at radius 1 is 1.27 bits per heavy atom. The zero-order valence-electron chi connectivity index (χ0n) is 14.1. The monoisotopic (exact) mass is 375 g/mol. The second-order valence-corrected chi connectivity index (χ2v) is 6.65. The standard InChI is InChI=1S/C17H17N3O5S/c1-25-15(23)9-20-16(24)11-5-2-3-6-12(11)18-17(20)26-10-14(22)19-8-4-7-13(19)21/h2-3,5-6H,4,7-10H2,1H3. The van der Waals surface area contributed by atoms with E-state index in [2.05, 4.69) is 9.72 Å². The van der Waals surface area contributed by atoms with Crippen molar-refractivity contribution in [1.82, 2.24) is 14.5 Å². The summed E-state index contributed by atoms with van der Waals surface area (Å²) in [5, 5.41) is 0.612. The average Bonchev–Trinajstić information content (AvgIpc) is 3.08. The lowest BCUT2D eigenvalue weighted by atomic mass is 10.2. The maximum atomic E-state index is 12.7. The lowest BCUT2D eigenvalue weighted by molar-refractivity contribution is -0.142. The van der Waals surface area contributed by atoms with Crippen molar-refractivity contribution in [2.45, 2.75) is 24.5 Å². The van der Waals surface area contributed by atoms with Gasteiger partial charge in [0.05, 0.1) is 23.8 Å². The van der Waals surface area contributed by atoms with Crippen molar-refractivity contribution in [3.63, 3.8) is 0 Å². The molecule has 2 aromatic rings. The van der Waals surface area contributed by atoms with Crippen LogP contribution in [0.1, 0.15) is 12.8 Å². The van der Waals surface area contributed by atoms with Crippen LogP contribution in [0.5, 0.6) is 0 Å². The number of esters is 1. The van der Waals surface area contributed by atoms with Gasteiger partial charge in [-0.1, -0.05) is 23.9 Å². The molecule has 0 unspecified atom stereocenters. The quantitative estimate of drug-likeness (QED) is 0.433. The molecule has 2 amide bonds. The summed E-state index contributed by atoms with van der Waals surface area (Å²) in [6, 6.07) is 6.78. The summed E-state index contributed by atoms with van der Waals surface area (Å²) < 4.78 is 5.83. The largest absolute Gasteiger partial charge is 0.468 e. The molecule has 136 valence electrons. The first kappa shape index (κ1) is 18.1. The third kappa shape index (κ3) is 3.62. The van der Waals surface area contributed by atoms with Crippen LogP contribution in [-0.2, 0) is 25.7 Å². The highest BCUT2D eigenvalue weighted by Gasteiger charge is 2.26. The Balaban J connectivity index is 1.91.